The first kappa shape index (κ1) is 21.1. The van der Waals surface area contributed by atoms with E-state index < -0.39 is 10.0 Å². The Bertz CT molecular complexity index is 782. The fourth-order valence-electron chi connectivity index (χ4n) is 3.91. The number of nitrogens with zero attached hydrogens (tertiary/aromatic N) is 2. The van der Waals surface area contributed by atoms with Crippen molar-refractivity contribution in [3.63, 3.8) is 0 Å². The molecule has 0 aliphatic carbocycles. The molecule has 156 valence electrons. The van der Waals surface area contributed by atoms with Crippen molar-refractivity contribution in [3.8, 4) is 0 Å². The molecule has 1 amide bonds. The van der Waals surface area contributed by atoms with Gasteiger partial charge in [-0.05, 0) is 63.6 Å². The first-order valence-corrected chi connectivity index (χ1v) is 12.1. The Morgan fingerprint density at radius 2 is 1.64 bits per heavy atom. The number of hydrogen-bond donors (Lipinski definition) is 1. The summed E-state index contributed by atoms with van der Waals surface area (Å²) < 4.78 is 28.5. The Balaban J connectivity index is 1.99. The van der Waals surface area contributed by atoms with E-state index in [0.717, 1.165) is 57.3 Å². The molecular formula is C21H33N3O3S. The van der Waals surface area contributed by atoms with Gasteiger partial charge >= 0.3 is 0 Å². The van der Waals surface area contributed by atoms with E-state index in [1.54, 1.807) is 16.4 Å². The van der Waals surface area contributed by atoms with Crippen LogP contribution in [0, 0.1) is 0 Å². The van der Waals surface area contributed by atoms with Crippen LogP contribution in [0.15, 0.2) is 23.1 Å². The first-order chi connectivity index (χ1) is 13.4. The van der Waals surface area contributed by atoms with Gasteiger partial charge in [-0.3, -0.25) is 4.79 Å². The summed E-state index contributed by atoms with van der Waals surface area (Å²) in [4.78, 5) is 15.1. The van der Waals surface area contributed by atoms with E-state index in [2.05, 4.69) is 10.2 Å². The van der Waals surface area contributed by atoms with Gasteiger partial charge in [-0.1, -0.05) is 13.3 Å². The van der Waals surface area contributed by atoms with Crippen molar-refractivity contribution in [2.75, 3.05) is 31.1 Å². The van der Waals surface area contributed by atoms with Gasteiger partial charge in [0.15, 0.2) is 0 Å². The van der Waals surface area contributed by atoms with E-state index in [4.69, 9.17) is 0 Å². The van der Waals surface area contributed by atoms with Crippen molar-refractivity contribution >= 4 is 21.6 Å². The molecule has 2 saturated heterocycles. The van der Waals surface area contributed by atoms with Crippen molar-refractivity contribution in [2.45, 2.75) is 69.7 Å². The summed E-state index contributed by atoms with van der Waals surface area (Å²) in [5, 5.41) is 2.94. The lowest BCUT2D eigenvalue weighted by atomic mass is 10.1. The Kier molecular flexibility index (Phi) is 6.99. The molecule has 2 heterocycles. The zero-order valence-corrected chi connectivity index (χ0v) is 17.9. The van der Waals surface area contributed by atoms with E-state index in [1.807, 2.05) is 19.9 Å². The van der Waals surface area contributed by atoms with Crippen LogP contribution >= 0.6 is 0 Å². The Hall–Kier alpha value is -1.60. The van der Waals surface area contributed by atoms with Crippen LogP contribution in [0.4, 0.5) is 5.69 Å². The minimum Gasteiger partial charge on any atom is -0.370 e. The van der Waals surface area contributed by atoms with Crippen LogP contribution in [0.2, 0.25) is 0 Å². The molecule has 0 radical (unpaired) electrons. The summed E-state index contributed by atoms with van der Waals surface area (Å²) in [6, 6.07) is 5.23. The van der Waals surface area contributed by atoms with Crippen LogP contribution in [-0.4, -0.2) is 50.9 Å². The van der Waals surface area contributed by atoms with Crippen molar-refractivity contribution in [2.24, 2.45) is 0 Å². The average Bonchev–Trinajstić information content (AvgIpc) is 2.74. The summed E-state index contributed by atoms with van der Waals surface area (Å²) in [6.45, 7) is 6.81. The van der Waals surface area contributed by atoms with Crippen LogP contribution in [-0.2, 0) is 10.0 Å². The van der Waals surface area contributed by atoms with Gasteiger partial charge in [0.2, 0.25) is 10.0 Å². The number of amides is 1. The Labute approximate surface area is 169 Å². The molecule has 2 aliphatic heterocycles. The molecule has 0 aromatic heterocycles. The second-order valence-corrected chi connectivity index (χ2v) is 9.88. The summed E-state index contributed by atoms with van der Waals surface area (Å²) in [5.41, 5.74) is 1.15. The second-order valence-electron chi connectivity index (χ2n) is 7.98. The Morgan fingerprint density at radius 3 is 2.25 bits per heavy atom. The summed E-state index contributed by atoms with van der Waals surface area (Å²) in [5.74, 6) is -0.213. The molecule has 1 N–H and O–H groups in total. The third-order valence-electron chi connectivity index (χ3n) is 5.84. The predicted octanol–water partition coefficient (Wildman–Crippen LogP) is 3.38. The summed E-state index contributed by atoms with van der Waals surface area (Å²) in [6.07, 6.45) is 7.01. The van der Waals surface area contributed by atoms with Gasteiger partial charge in [0.05, 0.1) is 5.69 Å². The maximum absolute atomic E-state index is 13.5. The molecule has 2 aliphatic rings. The van der Waals surface area contributed by atoms with Gasteiger partial charge < -0.3 is 10.2 Å². The molecule has 0 spiro atoms. The van der Waals surface area contributed by atoms with E-state index in [9.17, 15) is 13.2 Å². The number of anilines is 1. The normalized spacial score (nSPS) is 20.0. The molecule has 1 atom stereocenters. The van der Waals surface area contributed by atoms with Gasteiger partial charge in [-0.15, -0.1) is 0 Å². The maximum atomic E-state index is 13.5. The number of carbonyl (C=O) groups is 1. The molecule has 0 bridgehead atoms. The molecule has 3 rings (SSSR count). The fourth-order valence-corrected chi connectivity index (χ4v) is 5.67. The van der Waals surface area contributed by atoms with E-state index in [0.29, 0.717) is 18.7 Å². The Morgan fingerprint density at radius 1 is 1.04 bits per heavy atom. The van der Waals surface area contributed by atoms with Gasteiger partial charge in [0, 0.05) is 37.8 Å². The molecule has 2 fully saturated rings. The summed E-state index contributed by atoms with van der Waals surface area (Å²) >= 11 is 0. The predicted molar refractivity (Wildman–Crippen MR) is 112 cm³/mol. The van der Waals surface area contributed by atoms with Crippen LogP contribution in [0.5, 0.6) is 0 Å². The van der Waals surface area contributed by atoms with Gasteiger partial charge in [-0.2, -0.15) is 4.31 Å². The minimum absolute atomic E-state index is 0.0522. The lowest BCUT2D eigenvalue weighted by molar-refractivity contribution is 0.0939. The fraction of sp³-hybridized carbons (Fsp3) is 0.667. The molecule has 1 aromatic rings. The molecule has 1 unspecified atom stereocenters. The standard InChI is InChI=1S/C21H33N3O3S/c1-3-17(2)22-21(25)18-10-11-19(23-12-6-4-7-13-23)20(16-18)28(26,27)24-14-8-5-9-15-24/h10-11,16-17H,3-9,12-15H2,1-2H3,(H,22,25). The SMILES string of the molecule is CCC(C)NC(=O)c1ccc(N2CCCCC2)c(S(=O)(=O)N2CCCCC2)c1. The zero-order chi connectivity index (χ0) is 20.1. The first-order valence-electron chi connectivity index (χ1n) is 10.6. The number of hydrogen-bond acceptors (Lipinski definition) is 4. The molecule has 7 heteroatoms. The molecule has 0 saturated carbocycles. The van der Waals surface area contributed by atoms with Gasteiger partial charge in [0.1, 0.15) is 4.90 Å². The number of piperidine rings is 2. The smallest absolute Gasteiger partial charge is 0.251 e. The number of nitrogens with one attached hydrogen (secondary N) is 1. The van der Waals surface area contributed by atoms with Gasteiger partial charge in [-0.25, -0.2) is 8.42 Å². The van der Waals surface area contributed by atoms with Crippen molar-refractivity contribution in [1.82, 2.24) is 9.62 Å². The van der Waals surface area contributed by atoms with Crippen molar-refractivity contribution in [3.05, 3.63) is 23.8 Å². The molecular weight excluding hydrogens is 374 g/mol. The van der Waals surface area contributed by atoms with E-state index >= 15 is 0 Å². The quantitative estimate of drug-likeness (QED) is 0.785. The highest BCUT2D eigenvalue weighted by molar-refractivity contribution is 7.89. The van der Waals surface area contributed by atoms with Crippen LogP contribution in [0.1, 0.15) is 69.2 Å². The number of carbonyl (C=O) groups excluding carboxylic acids is 1. The highest BCUT2D eigenvalue weighted by Gasteiger charge is 2.31. The minimum atomic E-state index is -3.62. The number of benzene rings is 1. The molecule has 1 aromatic carbocycles. The second kappa shape index (κ2) is 9.27. The summed E-state index contributed by atoms with van der Waals surface area (Å²) in [7, 11) is -3.62. The number of sulfonamides is 1. The van der Waals surface area contributed by atoms with Crippen LogP contribution < -0.4 is 10.2 Å². The third-order valence-corrected chi connectivity index (χ3v) is 7.77. The number of rotatable bonds is 6. The highest BCUT2D eigenvalue weighted by Crippen LogP contribution is 2.32. The van der Waals surface area contributed by atoms with Crippen LogP contribution in [0.3, 0.4) is 0 Å². The van der Waals surface area contributed by atoms with Crippen LogP contribution in [0.25, 0.3) is 0 Å². The van der Waals surface area contributed by atoms with E-state index in [1.165, 1.54) is 6.42 Å². The molecule has 28 heavy (non-hydrogen) atoms. The maximum Gasteiger partial charge on any atom is 0.251 e. The van der Waals surface area contributed by atoms with Crippen molar-refractivity contribution in [1.29, 1.82) is 0 Å². The average molecular weight is 408 g/mol. The topological polar surface area (TPSA) is 69.7 Å². The van der Waals surface area contributed by atoms with Gasteiger partial charge in [0.25, 0.3) is 5.91 Å². The largest absolute Gasteiger partial charge is 0.370 e. The van der Waals surface area contributed by atoms with Crippen molar-refractivity contribution < 1.29 is 13.2 Å². The zero-order valence-electron chi connectivity index (χ0n) is 17.1. The third kappa shape index (κ3) is 4.69. The monoisotopic (exact) mass is 407 g/mol. The lowest BCUT2D eigenvalue weighted by Gasteiger charge is -2.33. The lowest BCUT2D eigenvalue weighted by Crippen LogP contribution is -2.38. The van der Waals surface area contributed by atoms with E-state index in [-0.39, 0.29) is 16.8 Å². The molecule has 6 nitrogen and oxygen atoms in total. The highest BCUT2D eigenvalue weighted by atomic mass is 32.2.